The van der Waals surface area contributed by atoms with Crippen LogP contribution in [0.25, 0.3) is 0 Å². The van der Waals surface area contributed by atoms with Gasteiger partial charge in [0.25, 0.3) is 10.0 Å². The molecule has 0 fully saturated rings. The van der Waals surface area contributed by atoms with Crippen molar-refractivity contribution in [3.8, 4) is 0 Å². The van der Waals surface area contributed by atoms with Gasteiger partial charge in [-0.2, -0.15) is 0 Å². The fourth-order valence-corrected chi connectivity index (χ4v) is 2.90. The summed E-state index contributed by atoms with van der Waals surface area (Å²) in [5.41, 5.74) is 0.357. The second-order valence-electron chi connectivity index (χ2n) is 4.14. The lowest BCUT2D eigenvalue weighted by atomic mass is 10.1. The molecule has 2 aromatic carbocycles. The van der Waals surface area contributed by atoms with E-state index in [9.17, 15) is 17.6 Å². The van der Waals surface area contributed by atoms with Crippen LogP contribution in [0.4, 0.5) is 10.1 Å². The number of para-hydroxylation sites is 1. The molecule has 104 valence electrons. The van der Waals surface area contributed by atoms with Gasteiger partial charge in [0.15, 0.2) is 5.78 Å². The monoisotopic (exact) mass is 293 g/mol. The third-order valence-corrected chi connectivity index (χ3v) is 4.08. The van der Waals surface area contributed by atoms with Crippen LogP contribution in [0.1, 0.15) is 17.3 Å². The van der Waals surface area contributed by atoms with Crippen LogP contribution in [0.3, 0.4) is 0 Å². The molecule has 2 aromatic rings. The van der Waals surface area contributed by atoms with Crippen LogP contribution in [0, 0.1) is 5.82 Å². The van der Waals surface area contributed by atoms with Crippen LogP contribution in [-0.4, -0.2) is 14.2 Å². The van der Waals surface area contributed by atoms with Crippen molar-refractivity contribution < 1.29 is 17.6 Å². The molecule has 0 atom stereocenters. The van der Waals surface area contributed by atoms with E-state index in [1.165, 1.54) is 31.2 Å². The summed E-state index contributed by atoms with van der Waals surface area (Å²) in [6, 6.07) is 11.2. The van der Waals surface area contributed by atoms with Gasteiger partial charge in [0.05, 0.1) is 5.69 Å². The second-order valence-corrected chi connectivity index (χ2v) is 5.79. The molecule has 0 spiro atoms. The minimum Gasteiger partial charge on any atom is -0.294 e. The van der Waals surface area contributed by atoms with Crippen molar-refractivity contribution in [2.75, 3.05) is 4.72 Å². The molecule has 2 rings (SSSR count). The van der Waals surface area contributed by atoms with E-state index in [0.717, 1.165) is 12.1 Å². The number of ketones is 1. The maximum absolute atomic E-state index is 13.6. The van der Waals surface area contributed by atoms with Crippen LogP contribution >= 0.6 is 0 Å². The summed E-state index contributed by atoms with van der Waals surface area (Å²) < 4.78 is 40.1. The average molecular weight is 293 g/mol. The Hall–Kier alpha value is -2.21. The number of carbonyl (C=O) groups is 1. The Balaban J connectivity index is 2.45. The van der Waals surface area contributed by atoms with Gasteiger partial charge < -0.3 is 0 Å². The Morgan fingerprint density at radius 3 is 2.30 bits per heavy atom. The van der Waals surface area contributed by atoms with Crippen molar-refractivity contribution in [3.05, 3.63) is 59.9 Å². The van der Waals surface area contributed by atoms with E-state index in [4.69, 9.17) is 0 Å². The molecular weight excluding hydrogens is 281 g/mol. The third-order valence-electron chi connectivity index (χ3n) is 2.68. The first-order valence-electron chi connectivity index (χ1n) is 5.79. The summed E-state index contributed by atoms with van der Waals surface area (Å²) in [4.78, 5) is 11.0. The zero-order valence-electron chi connectivity index (χ0n) is 10.6. The Bertz CT molecular complexity index is 757. The molecule has 0 aliphatic heterocycles. The highest BCUT2D eigenvalue weighted by atomic mass is 32.2. The molecule has 0 aromatic heterocycles. The minimum atomic E-state index is -4.08. The summed E-state index contributed by atoms with van der Waals surface area (Å²) in [6.07, 6.45) is 0. The predicted molar refractivity (Wildman–Crippen MR) is 73.7 cm³/mol. The first-order valence-corrected chi connectivity index (χ1v) is 7.27. The molecule has 0 unspecified atom stereocenters. The molecule has 0 radical (unpaired) electrons. The Morgan fingerprint density at radius 2 is 1.65 bits per heavy atom. The van der Waals surface area contributed by atoms with Gasteiger partial charge in [0.2, 0.25) is 0 Å². The van der Waals surface area contributed by atoms with Crippen molar-refractivity contribution in [2.45, 2.75) is 11.8 Å². The van der Waals surface area contributed by atoms with Crippen LogP contribution in [0.15, 0.2) is 53.4 Å². The van der Waals surface area contributed by atoms with Crippen LogP contribution in [0.2, 0.25) is 0 Å². The number of sulfonamides is 1. The fourth-order valence-electron chi connectivity index (χ4n) is 1.74. The Kier molecular flexibility index (Phi) is 3.85. The quantitative estimate of drug-likeness (QED) is 0.882. The smallest absolute Gasteiger partial charge is 0.264 e. The van der Waals surface area contributed by atoms with E-state index in [1.807, 2.05) is 0 Å². The van der Waals surface area contributed by atoms with Gasteiger partial charge in [-0.15, -0.1) is 0 Å². The number of Topliss-reactive ketones (excluding diaryl/α,β-unsaturated/α-hetero) is 1. The summed E-state index contributed by atoms with van der Waals surface area (Å²) in [7, 11) is -4.08. The first-order chi connectivity index (χ1) is 9.42. The SMILES string of the molecule is CC(=O)c1ccccc1NS(=O)(=O)c1ccccc1F. The number of nitrogens with one attached hydrogen (secondary N) is 1. The third kappa shape index (κ3) is 2.85. The zero-order chi connectivity index (χ0) is 14.8. The van der Waals surface area contributed by atoms with Gasteiger partial charge in [0.1, 0.15) is 10.7 Å². The van der Waals surface area contributed by atoms with Crippen LogP contribution in [-0.2, 0) is 10.0 Å². The highest BCUT2D eigenvalue weighted by Gasteiger charge is 2.20. The van der Waals surface area contributed by atoms with Gasteiger partial charge in [-0.25, -0.2) is 12.8 Å². The molecular formula is C14H12FNO3S. The van der Waals surface area contributed by atoms with Gasteiger partial charge in [0, 0.05) is 5.56 Å². The Labute approximate surface area is 116 Å². The molecule has 0 aliphatic carbocycles. The van der Waals surface area contributed by atoms with E-state index in [1.54, 1.807) is 12.1 Å². The van der Waals surface area contributed by atoms with Crippen molar-refractivity contribution in [3.63, 3.8) is 0 Å². The fraction of sp³-hybridized carbons (Fsp3) is 0.0714. The molecule has 20 heavy (non-hydrogen) atoms. The average Bonchev–Trinajstić information content (AvgIpc) is 2.39. The molecule has 0 aliphatic rings. The van der Waals surface area contributed by atoms with Gasteiger partial charge in [-0.1, -0.05) is 24.3 Å². The normalized spacial score (nSPS) is 11.1. The largest absolute Gasteiger partial charge is 0.294 e. The van der Waals surface area contributed by atoms with E-state index < -0.39 is 20.7 Å². The lowest BCUT2D eigenvalue weighted by molar-refractivity contribution is 0.101. The number of carbonyl (C=O) groups excluding carboxylic acids is 1. The summed E-state index contributed by atoms with van der Waals surface area (Å²) >= 11 is 0. The number of halogens is 1. The molecule has 4 nitrogen and oxygen atoms in total. The number of hydrogen-bond acceptors (Lipinski definition) is 3. The van der Waals surface area contributed by atoms with E-state index in [2.05, 4.69) is 4.72 Å². The molecule has 6 heteroatoms. The van der Waals surface area contributed by atoms with Crippen molar-refractivity contribution in [2.24, 2.45) is 0 Å². The molecule has 1 N–H and O–H groups in total. The van der Waals surface area contributed by atoms with Gasteiger partial charge in [-0.3, -0.25) is 9.52 Å². The van der Waals surface area contributed by atoms with Gasteiger partial charge >= 0.3 is 0 Å². The Morgan fingerprint density at radius 1 is 1.05 bits per heavy atom. The summed E-state index contributed by atoms with van der Waals surface area (Å²) in [5.74, 6) is -1.13. The maximum Gasteiger partial charge on any atom is 0.264 e. The molecule has 0 amide bonds. The molecule has 0 saturated carbocycles. The lowest BCUT2D eigenvalue weighted by Crippen LogP contribution is -2.16. The van der Waals surface area contributed by atoms with Crippen LogP contribution in [0.5, 0.6) is 0 Å². The number of benzene rings is 2. The highest BCUT2D eigenvalue weighted by molar-refractivity contribution is 7.92. The molecule has 0 saturated heterocycles. The van der Waals surface area contributed by atoms with Crippen molar-refractivity contribution in [1.29, 1.82) is 0 Å². The number of hydrogen-bond donors (Lipinski definition) is 1. The van der Waals surface area contributed by atoms with Crippen molar-refractivity contribution >= 4 is 21.5 Å². The number of rotatable bonds is 4. The number of anilines is 1. The minimum absolute atomic E-state index is 0.128. The summed E-state index contributed by atoms with van der Waals surface area (Å²) in [6.45, 7) is 1.33. The summed E-state index contributed by atoms with van der Waals surface area (Å²) in [5, 5.41) is 0. The zero-order valence-corrected chi connectivity index (χ0v) is 11.4. The van der Waals surface area contributed by atoms with E-state index >= 15 is 0 Å². The second kappa shape index (κ2) is 5.42. The van der Waals surface area contributed by atoms with Crippen LogP contribution < -0.4 is 4.72 Å². The topological polar surface area (TPSA) is 63.2 Å². The lowest BCUT2D eigenvalue weighted by Gasteiger charge is -2.11. The maximum atomic E-state index is 13.6. The molecule has 0 heterocycles. The highest BCUT2D eigenvalue weighted by Crippen LogP contribution is 2.21. The van der Waals surface area contributed by atoms with E-state index in [-0.39, 0.29) is 17.0 Å². The standard InChI is InChI=1S/C14H12FNO3S/c1-10(17)11-6-2-4-8-13(11)16-20(18,19)14-9-5-3-7-12(14)15/h2-9,16H,1H3. The van der Waals surface area contributed by atoms with Gasteiger partial charge in [-0.05, 0) is 31.2 Å². The predicted octanol–water partition coefficient (Wildman–Crippen LogP) is 2.83. The molecule has 0 bridgehead atoms. The van der Waals surface area contributed by atoms with E-state index in [0.29, 0.717) is 0 Å². The van der Waals surface area contributed by atoms with Crippen molar-refractivity contribution in [1.82, 2.24) is 0 Å². The first kappa shape index (κ1) is 14.2.